The molecule has 0 N–H and O–H groups in total. The van der Waals surface area contributed by atoms with E-state index in [1.54, 1.807) is 0 Å². The molecule has 3 aliphatic heterocycles. The Morgan fingerprint density at radius 2 is 0.682 bits per heavy atom. The smallest absolute Gasteiger partial charge is 0.0655 e. The standard InChI is InChI=1S/C16H34Si6/c1-17(2)18(3,4)22(10)16-14-12-11-13-15(16)21(17,9)19(5,6)20(22,7)8/h11-14H,1-10H3. The van der Waals surface area contributed by atoms with Crippen LogP contribution in [0.3, 0.4) is 0 Å². The van der Waals surface area contributed by atoms with Gasteiger partial charge in [-0.1, -0.05) is 100 Å². The van der Waals surface area contributed by atoms with Crippen LogP contribution in [0.1, 0.15) is 0 Å². The highest BCUT2D eigenvalue weighted by Crippen LogP contribution is 2.53. The van der Waals surface area contributed by atoms with Gasteiger partial charge in [-0.05, 0) is 0 Å². The van der Waals surface area contributed by atoms with Gasteiger partial charge in [-0.2, -0.15) is 0 Å². The summed E-state index contributed by atoms with van der Waals surface area (Å²) in [6, 6.07) is 9.97. The second-order valence-electron chi connectivity index (χ2n) is 10.3. The van der Waals surface area contributed by atoms with Crippen LogP contribution in [0.15, 0.2) is 24.3 Å². The van der Waals surface area contributed by atoms with Gasteiger partial charge >= 0.3 is 0 Å². The zero-order valence-electron chi connectivity index (χ0n) is 16.3. The van der Waals surface area contributed by atoms with Crippen LogP contribution < -0.4 is 10.4 Å². The van der Waals surface area contributed by atoms with E-state index in [0.717, 1.165) is 0 Å². The molecule has 0 saturated carbocycles. The summed E-state index contributed by atoms with van der Waals surface area (Å²) < 4.78 is 0. The minimum absolute atomic E-state index is 1.13. The van der Waals surface area contributed by atoms with Crippen molar-refractivity contribution in [1.29, 1.82) is 0 Å². The Hall–Kier alpha value is 0.521. The largest absolute Gasteiger partial charge is 0.0732 e. The Morgan fingerprint density at radius 3 is 0.909 bits per heavy atom. The van der Waals surface area contributed by atoms with Gasteiger partial charge in [-0.25, -0.2) is 0 Å². The number of hydrogen-bond acceptors (Lipinski definition) is 0. The lowest BCUT2D eigenvalue weighted by Gasteiger charge is -2.78. The summed E-state index contributed by atoms with van der Waals surface area (Å²) in [6.07, 6.45) is 0. The van der Waals surface area contributed by atoms with Gasteiger partial charge in [0, 0.05) is 28.4 Å². The fourth-order valence-corrected chi connectivity index (χ4v) is 250. The third-order valence-corrected chi connectivity index (χ3v) is 158. The van der Waals surface area contributed by atoms with E-state index in [0.29, 0.717) is 0 Å². The molecule has 1 aromatic rings. The van der Waals surface area contributed by atoms with Crippen molar-refractivity contribution in [2.45, 2.75) is 65.5 Å². The Labute approximate surface area is 142 Å². The number of benzene rings is 1. The SMILES string of the molecule is C[Si]1(C)[Si](C)(C)[Si]2(C)c3ccccc3[Si]1(C)[Si](C)(C)[Si]2(C)C. The Kier molecular flexibility index (Phi) is 3.30. The van der Waals surface area contributed by atoms with Crippen molar-refractivity contribution in [2.75, 3.05) is 0 Å². The molecule has 0 unspecified atom stereocenters. The Bertz CT molecular complexity index is 573. The molecule has 0 amide bonds. The number of fused-ring (bicyclic) bond motifs is 2. The van der Waals surface area contributed by atoms with Gasteiger partial charge < -0.3 is 0 Å². The lowest BCUT2D eigenvalue weighted by molar-refractivity contribution is 1.68. The first-order valence-corrected chi connectivity index (χ1v) is 31.8. The highest BCUT2D eigenvalue weighted by molar-refractivity contribution is 8.17. The van der Waals surface area contributed by atoms with Crippen LogP contribution >= 0.6 is 0 Å². The van der Waals surface area contributed by atoms with Crippen molar-refractivity contribution >= 4 is 53.0 Å². The summed E-state index contributed by atoms with van der Waals surface area (Å²) in [4.78, 5) is 0. The summed E-state index contributed by atoms with van der Waals surface area (Å²) in [5.74, 6) is 0. The van der Waals surface area contributed by atoms with E-state index < -0.39 is 42.7 Å². The van der Waals surface area contributed by atoms with Crippen LogP contribution in [0.4, 0.5) is 0 Å². The zero-order chi connectivity index (χ0) is 17.0. The maximum atomic E-state index is 2.89. The molecule has 3 heterocycles. The molecule has 1 fully saturated rings. The highest BCUT2D eigenvalue weighted by atomic mass is 30.2. The molecule has 0 radical (unpaired) electrons. The minimum atomic E-state index is -1.30. The van der Waals surface area contributed by atoms with E-state index in [9.17, 15) is 0 Å². The molecule has 0 atom stereocenters. The van der Waals surface area contributed by atoms with Crippen LogP contribution in [0.2, 0.25) is 65.5 Å². The van der Waals surface area contributed by atoms with Crippen molar-refractivity contribution in [2.24, 2.45) is 0 Å². The van der Waals surface area contributed by atoms with Crippen LogP contribution in [-0.2, 0) is 0 Å². The molecule has 6 heteroatoms. The minimum Gasteiger partial charge on any atom is -0.0732 e. The van der Waals surface area contributed by atoms with Crippen LogP contribution in [0.5, 0.6) is 0 Å². The molecule has 0 spiro atoms. The van der Waals surface area contributed by atoms with Crippen LogP contribution in [0, 0.1) is 0 Å². The van der Waals surface area contributed by atoms with Gasteiger partial charge in [-0.3, -0.25) is 0 Å². The number of hydrogen-bond donors (Lipinski definition) is 0. The fraction of sp³-hybridized carbons (Fsp3) is 0.625. The van der Waals surface area contributed by atoms with Gasteiger partial charge in [0.05, 0.1) is 14.2 Å². The van der Waals surface area contributed by atoms with E-state index in [-0.39, 0.29) is 0 Å². The maximum absolute atomic E-state index is 2.89. The molecule has 0 aromatic heterocycles. The fourth-order valence-electron chi connectivity index (χ4n) is 6.76. The Balaban J connectivity index is 2.60. The topological polar surface area (TPSA) is 0 Å². The van der Waals surface area contributed by atoms with Gasteiger partial charge in [0.2, 0.25) is 0 Å². The predicted octanol–water partition coefficient (Wildman–Crippen LogP) is 3.59. The lowest BCUT2D eigenvalue weighted by Crippen LogP contribution is -3.11. The first kappa shape index (κ1) is 17.3. The molecule has 3 aliphatic rings. The molecule has 122 valence electrons. The molecule has 0 aliphatic carbocycles. The average molecular weight is 395 g/mol. The molecule has 22 heavy (non-hydrogen) atoms. The maximum Gasteiger partial charge on any atom is 0.0655 e. The Morgan fingerprint density at radius 1 is 0.455 bits per heavy atom. The zero-order valence-corrected chi connectivity index (χ0v) is 22.3. The summed E-state index contributed by atoms with van der Waals surface area (Å²) >= 11 is 0. The van der Waals surface area contributed by atoms with E-state index in [4.69, 9.17) is 0 Å². The van der Waals surface area contributed by atoms with Gasteiger partial charge in [0.15, 0.2) is 0 Å². The molecular weight excluding hydrogens is 361 g/mol. The number of rotatable bonds is 0. The molecule has 1 aromatic carbocycles. The van der Waals surface area contributed by atoms with Crippen molar-refractivity contribution in [3.8, 4) is 0 Å². The lowest BCUT2D eigenvalue weighted by atomic mass is 10.4. The summed E-state index contributed by atoms with van der Waals surface area (Å²) in [5, 5.41) is 3.97. The van der Waals surface area contributed by atoms with Crippen LogP contribution in [0.25, 0.3) is 0 Å². The predicted molar refractivity (Wildman–Crippen MR) is 119 cm³/mol. The first-order valence-electron chi connectivity index (χ1n) is 8.83. The van der Waals surface area contributed by atoms with E-state index in [2.05, 4.69) is 89.7 Å². The molecule has 0 nitrogen and oxygen atoms in total. The summed E-state index contributed by atoms with van der Waals surface area (Å²) in [5.41, 5.74) is 0. The summed E-state index contributed by atoms with van der Waals surface area (Å²) in [7, 11) is -7.14. The van der Waals surface area contributed by atoms with Crippen molar-refractivity contribution in [1.82, 2.24) is 0 Å². The van der Waals surface area contributed by atoms with Crippen molar-refractivity contribution in [3.63, 3.8) is 0 Å². The van der Waals surface area contributed by atoms with Gasteiger partial charge in [0.1, 0.15) is 0 Å². The van der Waals surface area contributed by atoms with Crippen LogP contribution in [-0.4, -0.2) is 42.7 Å². The second-order valence-corrected chi connectivity index (χ2v) is 79.9. The molecular formula is C16H34Si6. The third kappa shape index (κ3) is 1.30. The molecule has 1 saturated heterocycles. The quantitative estimate of drug-likeness (QED) is 0.590. The third-order valence-electron chi connectivity index (χ3n) is 10.1. The normalized spacial score (nSPS) is 39.4. The highest BCUT2D eigenvalue weighted by Gasteiger charge is 2.82. The van der Waals surface area contributed by atoms with Crippen molar-refractivity contribution in [3.05, 3.63) is 24.3 Å². The van der Waals surface area contributed by atoms with E-state index in [1.807, 2.05) is 10.4 Å². The van der Waals surface area contributed by atoms with Crippen molar-refractivity contribution < 1.29 is 0 Å². The summed E-state index contributed by atoms with van der Waals surface area (Å²) in [6.45, 7) is 28.7. The van der Waals surface area contributed by atoms with Gasteiger partial charge in [-0.15, -0.1) is 0 Å². The molecule has 2 bridgehead atoms. The average Bonchev–Trinajstić information content (AvgIpc) is 2.42. The monoisotopic (exact) mass is 394 g/mol. The van der Waals surface area contributed by atoms with Gasteiger partial charge in [0.25, 0.3) is 0 Å². The first-order chi connectivity index (χ1) is 9.73. The van der Waals surface area contributed by atoms with E-state index >= 15 is 0 Å². The second kappa shape index (κ2) is 4.19. The molecule has 4 rings (SSSR count). The van der Waals surface area contributed by atoms with E-state index in [1.165, 1.54) is 0 Å².